The second kappa shape index (κ2) is 9.13. The van der Waals surface area contributed by atoms with Crippen molar-refractivity contribution in [1.29, 1.82) is 0 Å². The first kappa shape index (κ1) is 19.5. The van der Waals surface area contributed by atoms with Crippen molar-refractivity contribution < 1.29 is 13.6 Å². The van der Waals surface area contributed by atoms with Gasteiger partial charge in [-0.15, -0.1) is 0 Å². The summed E-state index contributed by atoms with van der Waals surface area (Å²) in [6.07, 6.45) is 2.20. The Morgan fingerprint density at radius 2 is 1.77 bits per heavy atom. The highest BCUT2D eigenvalue weighted by atomic mass is 16.4. The first-order valence-electron chi connectivity index (χ1n) is 9.84. The van der Waals surface area contributed by atoms with E-state index in [0.717, 1.165) is 16.6 Å². The van der Waals surface area contributed by atoms with Gasteiger partial charge in [0.15, 0.2) is 5.76 Å². The maximum atomic E-state index is 12.9. The fraction of sp³-hybridized carbons (Fsp3) is 0.167. The molecule has 0 saturated carbocycles. The summed E-state index contributed by atoms with van der Waals surface area (Å²) in [5.74, 6) is 0.181. The second-order valence-electron chi connectivity index (χ2n) is 6.95. The summed E-state index contributed by atoms with van der Waals surface area (Å²) in [5, 5.41) is 4.15. The number of benzene rings is 2. The van der Waals surface area contributed by atoms with E-state index in [2.05, 4.69) is 5.32 Å². The van der Waals surface area contributed by atoms with Crippen molar-refractivity contribution in [3.8, 4) is 0 Å². The van der Waals surface area contributed by atoms with Crippen LogP contribution in [0.15, 0.2) is 92.7 Å². The highest BCUT2D eigenvalue weighted by Crippen LogP contribution is 2.21. The highest BCUT2D eigenvalue weighted by Gasteiger charge is 2.18. The number of fused-ring (bicyclic) bond motifs is 1. The van der Waals surface area contributed by atoms with Gasteiger partial charge in [-0.05, 0) is 36.2 Å². The largest absolute Gasteiger partial charge is 0.459 e. The molecule has 0 atom stereocenters. The van der Waals surface area contributed by atoms with Gasteiger partial charge in [0.05, 0.1) is 12.0 Å². The minimum atomic E-state index is -0.394. The molecule has 152 valence electrons. The van der Waals surface area contributed by atoms with E-state index in [1.165, 1.54) is 12.3 Å². The number of furan rings is 1. The van der Waals surface area contributed by atoms with E-state index in [9.17, 15) is 9.59 Å². The zero-order chi connectivity index (χ0) is 20.8. The molecule has 0 radical (unpaired) electrons. The van der Waals surface area contributed by atoms with Crippen LogP contribution in [0.1, 0.15) is 22.5 Å². The van der Waals surface area contributed by atoms with Crippen molar-refractivity contribution in [3.05, 3.63) is 101 Å². The predicted octanol–water partition coefficient (Wildman–Crippen LogP) is 4.53. The van der Waals surface area contributed by atoms with Crippen LogP contribution in [0.3, 0.4) is 0 Å². The minimum absolute atomic E-state index is 0.144. The van der Waals surface area contributed by atoms with Crippen molar-refractivity contribution in [1.82, 2.24) is 4.90 Å². The molecule has 0 unspecified atom stereocenters. The summed E-state index contributed by atoms with van der Waals surface area (Å²) in [6.45, 7) is 1.64. The minimum Gasteiger partial charge on any atom is -0.459 e. The zero-order valence-corrected chi connectivity index (χ0v) is 16.4. The molecule has 1 N–H and O–H groups in total. The molecule has 2 aromatic carbocycles. The lowest BCUT2D eigenvalue weighted by Crippen LogP contribution is -2.32. The van der Waals surface area contributed by atoms with E-state index in [0.29, 0.717) is 37.4 Å². The number of amides is 1. The average Bonchev–Trinajstić information content (AvgIpc) is 3.31. The topological polar surface area (TPSA) is 75.7 Å². The van der Waals surface area contributed by atoms with Crippen LogP contribution in [0, 0.1) is 0 Å². The lowest BCUT2D eigenvalue weighted by Gasteiger charge is -2.22. The molecule has 4 rings (SSSR count). The lowest BCUT2D eigenvalue weighted by atomic mass is 10.2. The van der Waals surface area contributed by atoms with Crippen molar-refractivity contribution in [3.63, 3.8) is 0 Å². The molecule has 0 fully saturated rings. The number of nitrogens with one attached hydrogen (secondary N) is 1. The maximum absolute atomic E-state index is 12.9. The molecule has 4 aromatic rings. The molecule has 2 heterocycles. The predicted molar refractivity (Wildman–Crippen MR) is 115 cm³/mol. The fourth-order valence-electron chi connectivity index (χ4n) is 3.36. The summed E-state index contributed by atoms with van der Waals surface area (Å²) < 4.78 is 10.5. The van der Waals surface area contributed by atoms with Crippen LogP contribution >= 0.6 is 0 Å². The van der Waals surface area contributed by atoms with Crippen LogP contribution in [0.2, 0.25) is 0 Å². The molecule has 0 aliphatic carbocycles. The number of anilines is 1. The van der Waals surface area contributed by atoms with Gasteiger partial charge in [0.2, 0.25) is 0 Å². The van der Waals surface area contributed by atoms with Crippen molar-refractivity contribution in [2.24, 2.45) is 0 Å². The van der Waals surface area contributed by atoms with E-state index in [1.54, 1.807) is 23.1 Å². The smallest absolute Gasteiger partial charge is 0.338 e. The summed E-state index contributed by atoms with van der Waals surface area (Å²) in [7, 11) is 0. The molecule has 0 spiro atoms. The number of nitrogens with zero attached hydrogens (tertiary/aromatic N) is 1. The fourth-order valence-corrected chi connectivity index (χ4v) is 3.36. The van der Waals surface area contributed by atoms with E-state index in [4.69, 9.17) is 8.83 Å². The molecule has 0 bridgehead atoms. The van der Waals surface area contributed by atoms with Gasteiger partial charge in [0, 0.05) is 31.1 Å². The Kier molecular flexibility index (Phi) is 5.94. The number of carbonyl (C=O) groups excluding carboxylic acids is 1. The van der Waals surface area contributed by atoms with Gasteiger partial charge in [-0.25, -0.2) is 4.79 Å². The average molecular weight is 402 g/mol. The van der Waals surface area contributed by atoms with Gasteiger partial charge < -0.3 is 19.1 Å². The highest BCUT2D eigenvalue weighted by molar-refractivity contribution is 5.91. The number of rotatable bonds is 8. The van der Waals surface area contributed by atoms with E-state index >= 15 is 0 Å². The van der Waals surface area contributed by atoms with E-state index in [1.807, 2.05) is 48.5 Å². The molecule has 0 saturated heterocycles. The molecule has 0 aliphatic heterocycles. The maximum Gasteiger partial charge on any atom is 0.338 e. The van der Waals surface area contributed by atoms with Crippen molar-refractivity contribution in [2.75, 3.05) is 18.4 Å². The Bertz CT molecular complexity index is 1170. The van der Waals surface area contributed by atoms with Gasteiger partial charge in [-0.2, -0.15) is 0 Å². The SMILES string of the molecule is O=C(c1ccco1)N(CCCNc1cc(=O)oc2ccccc12)Cc1ccccc1. The first-order valence-corrected chi connectivity index (χ1v) is 9.84. The molecular weight excluding hydrogens is 380 g/mol. The quantitative estimate of drug-likeness (QED) is 0.346. The second-order valence-corrected chi connectivity index (χ2v) is 6.95. The Balaban J connectivity index is 1.43. The van der Waals surface area contributed by atoms with Gasteiger partial charge >= 0.3 is 5.63 Å². The summed E-state index contributed by atoms with van der Waals surface area (Å²) in [5.41, 5.74) is 1.94. The summed E-state index contributed by atoms with van der Waals surface area (Å²) >= 11 is 0. The van der Waals surface area contributed by atoms with E-state index in [-0.39, 0.29) is 5.91 Å². The first-order chi connectivity index (χ1) is 14.7. The Hall–Kier alpha value is -3.80. The van der Waals surface area contributed by atoms with Crippen LogP contribution in [-0.2, 0) is 6.54 Å². The Labute approximate surface area is 173 Å². The standard InChI is InChI=1S/C24H22N2O4/c27-23-16-20(19-10-4-5-11-21(19)30-23)25-13-7-14-26(17-18-8-2-1-3-9-18)24(28)22-12-6-15-29-22/h1-6,8-12,15-16,25H,7,13-14,17H2. The Morgan fingerprint density at radius 3 is 2.57 bits per heavy atom. The van der Waals surface area contributed by atoms with Gasteiger partial charge in [0.1, 0.15) is 5.58 Å². The van der Waals surface area contributed by atoms with Crippen LogP contribution in [0.4, 0.5) is 5.69 Å². The molecule has 1 amide bonds. The lowest BCUT2D eigenvalue weighted by molar-refractivity contribution is 0.0710. The van der Waals surface area contributed by atoms with Crippen LogP contribution in [0.25, 0.3) is 11.0 Å². The molecule has 30 heavy (non-hydrogen) atoms. The molecule has 6 nitrogen and oxygen atoms in total. The van der Waals surface area contributed by atoms with E-state index < -0.39 is 5.63 Å². The third-order valence-electron chi connectivity index (χ3n) is 4.81. The molecule has 0 aliphatic rings. The molecule has 2 aromatic heterocycles. The van der Waals surface area contributed by atoms with Crippen LogP contribution in [-0.4, -0.2) is 23.9 Å². The molecule has 6 heteroatoms. The number of para-hydroxylation sites is 1. The third kappa shape index (κ3) is 4.60. The van der Waals surface area contributed by atoms with Crippen LogP contribution < -0.4 is 10.9 Å². The summed E-state index contributed by atoms with van der Waals surface area (Å²) in [4.78, 5) is 26.4. The van der Waals surface area contributed by atoms with Crippen molar-refractivity contribution >= 4 is 22.6 Å². The van der Waals surface area contributed by atoms with Gasteiger partial charge in [-0.1, -0.05) is 42.5 Å². The van der Waals surface area contributed by atoms with Gasteiger partial charge in [0.25, 0.3) is 5.91 Å². The van der Waals surface area contributed by atoms with Gasteiger partial charge in [-0.3, -0.25) is 4.79 Å². The number of hydrogen-bond acceptors (Lipinski definition) is 5. The number of carbonyl (C=O) groups is 1. The molecular formula is C24H22N2O4. The van der Waals surface area contributed by atoms with Crippen molar-refractivity contribution in [2.45, 2.75) is 13.0 Å². The number of hydrogen-bond donors (Lipinski definition) is 1. The van der Waals surface area contributed by atoms with Crippen LogP contribution in [0.5, 0.6) is 0 Å². The third-order valence-corrected chi connectivity index (χ3v) is 4.81. The summed E-state index contributed by atoms with van der Waals surface area (Å²) in [6, 6.07) is 22.1. The monoisotopic (exact) mass is 402 g/mol. The normalized spacial score (nSPS) is 10.8. The Morgan fingerprint density at radius 1 is 0.967 bits per heavy atom. The zero-order valence-electron chi connectivity index (χ0n) is 16.4.